The molecule has 1 aromatic carbocycles. The van der Waals surface area contributed by atoms with Gasteiger partial charge in [0.15, 0.2) is 5.82 Å². The molecule has 0 radical (unpaired) electrons. The van der Waals surface area contributed by atoms with Crippen molar-refractivity contribution in [3.63, 3.8) is 0 Å². The minimum Gasteiger partial charge on any atom is -0.485 e. The van der Waals surface area contributed by atoms with Gasteiger partial charge < -0.3 is 10.5 Å². The van der Waals surface area contributed by atoms with E-state index in [1.165, 1.54) is 0 Å². The Morgan fingerprint density at radius 2 is 2.06 bits per heavy atom. The Balaban J connectivity index is 2.17. The van der Waals surface area contributed by atoms with Crippen LogP contribution in [0.25, 0.3) is 0 Å². The molecule has 2 aromatic rings. The molecule has 0 spiro atoms. The monoisotopic (exact) mass is 323 g/mol. The summed E-state index contributed by atoms with van der Waals surface area (Å²) in [5.41, 5.74) is 6.34. The zero-order valence-corrected chi connectivity index (χ0v) is 11.7. The molecule has 0 aliphatic rings. The smallest absolute Gasteiger partial charge is 0.166 e. The zero-order valence-electron chi connectivity index (χ0n) is 9.34. The lowest BCUT2D eigenvalue weighted by atomic mass is 10.2. The molecular weight excluding hydrogens is 314 g/mol. The van der Waals surface area contributed by atoms with Crippen LogP contribution in [0.2, 0.25) is 0 Å². The fraction of sp³-hybridized carbons (Fsp3) is 0.0833. The second kappa shape index (κ2) is 5.88. The van der Waals surface area contributed by atoms with Gasteiger partial charge in [0.05, 0.1) is 5.56 Å². The summed E-state index contributed by atoms with van der Waals surface area (Å²) < 4.78 is 6.52. The summed E-state index contributed by atoms with van der Waals surface area (Å²) in [5.74, 6) is 1.23. The number of hydrogen-bond acceptors (Lipinski definition) is 4. The molecule has 2 rings (SSSR count). The maximum absolute atomic E-state index is 5.65. The molecule has 18 heavy (non-hydrogen) atoms. The fourth-order valence-electron chi connectivity index (χ4n) is 1.37. The van der Waals surface area contributed by atoms with Crippen LogP contribution in [0.15, 0.2) is 41.1 Å². The van der Waals surface area contributed by atoms with Gasteiger partial charge in [0, 0.05) is 16.9 Å². The Morgan fingerprint density at radius 1 is 1.33 bits per heavy atom. The van der Waals surface area contributed by atoms with Gasteiger partial charge in [-0.15, -0.1) is 0 Å². The highest BCUT2D eigenvalue weighted by Gasteiger charge is 2.08. The van der Waals surface area contributed by atoms with Gasteiger partial charge in [-0.3, -0.25) is 0 Å². The highest BCUT2D eigenvalue weighted by atomic mass is 79.9. The molecule has 1 aromatic heterocycles. The van der Waals surface area contributed by atoms with Crippen LogP contribution in [0.3, 0.4) is 0 Å². The number of hydrogen-bond donors (Lipinski definition) is 1. The summed E-state index contributed by atoms with van der Waals surface area (Å²) in [6.45, 7) is 0.276. The molecule has 4 nitrogen and oxygen atoms in total. The summed E-state index contributed by atoms with van der Waals surface area (Å²) in [6.07, 6.45) is 3.34. The van der Waals surface area contributed by atoms with Crippen LogP contribution < -0.4 is 10.5 Å². The lowest BCUT2D eigenvalue weighted by Gasteiger charge is -2.10. The molecule has 0 atom stereocenters. The van der Waals surface area contributed by atoms with Crippen LogP contribution >= 0.6 is 28.1 Å². The first-order valence-electron chi connectivity index (χ1n) is 5.15. The number of rotatable bonds is 4. The normalized spacial score (nSPS) is 10.1. The molecule has 0 amide bonds. The van der Waals surface area contributed by atoms with Crippen LogP contribution in [0, 0.1) is 0 Å². The average molecular weight is 324 g/mol. The van der Waals surface area contributed by atoms with Crippen molar-refractivity contribution in [3.8, 4) is 5.75 Å². The SMILES string of the molecule is NC(=S)c1cc(Br)ccc1OCc1ncccn1. The van der Waals surface area contributed by atoms with Gasteiger partial charge in [0.2, 0.25) is 0 Å². The molecule has 2 N–H and O–H groups in total. The van der Waals surface area contributed by atoms with Gasteiger partial charge in [-0.25, -0.2) is 9.97 Å². The van der Waals surface area contributed by atoms with Crippen LogP contribution in [0.5, 0.6) is 5.75 Å². The molecule has 0 aliphatic heterocycles. The Morgan fingerprint density at radius 3 is 2.72 bits per heavy atom. The van der Waals surface area contributed by atoms with Gasteiger partial charge >= 0.3 is 0 Å². The molecule has 0 unspecified atom stereocenters. The third-order valence-corrected chi connectivity index (χ3v) is 2.90. The maximum atomic E-state index is 5.65. The molecule has 0 aliphatic carbocycles. The number of aromatic nitrogens is 2. The number of nitrogens with two attached hydrogens (primary N) is 1. The number of ether oxygens (including phenoxy) is 1. The second-order valence-corrected chi connectivity index (χ2v) is 4.81. The molecule has 92 valence electrons. The lowest BCUT2D eigenvalue weighted by Crippen LogP contribution is -2.12. The van der Waals surface area contributed by atoms with Crippen molar-refractivity contribution in [2.24, 2.45) is 5.73 Å². The maximum Gasteiger partial charge on any atom is 0.166 e. The number of nitrogens with zero attached hydrogens (tertiary/aromatic N) is 2. The first-order chi connectivity index (χ1) is 8.66. The van der Waals surface area contributed by atoms with Crippen LogP contribution in [-0.4, -0.2) is 15.0 Å². The summed E-state index contributed by atoms with van der Waals surface area (Å²) in [7, 11) is 0. The zero-order chi connectivity index (χ0) is 13.0. The molecule has 0 saturated carbocycles. The topological polar surface area (TPSA) is 61.0 Å². The van der Waals surface area contributed by atoms with Gasteiger partial charge in [0.1, 0.15) is 17.3 Å². The number of halogens is 1. The molecule has 0 bridgehead atoms. The Labute approximate surface area is 118 Å². The summed E-state index contributed by atoms with van der Waals surface area (Å²) in [6, 6.07) is 7.25. The van der Waals surface area contributed by atoms with Gasteiger partial charge in [-0.2, -0.15) is 0 Å². The quantitative estimate of drug-likeness (QED) is 0.876. The van der Waals surface area contributed by atoms with Crippen molar-refractivity contribution < 1.29 is 4.74 Å². The average Bonchev–Trinajstić information content (AvgIpc) is 2.38. The van der Waals surface area contributed by atoms with E-state index >= 15 is 0 Å². The first-order valence-corrected chi connectivity index (χ1v) is 6.35. The van der Waals surface area contributed by atoms with E-state index in [0.717, 1.165) is 4.47 Å². The lowest BCUT2D eigenvalue weighted by molar-refractivity contribution is 0.295. The summed E-state index contributed by atoms with van der Waals surface area (Å²) >= 11 is 8.35. The van der Waals surface area contributed by atoms with Crippen molar-refractivity contribution in [2.75, 3.05) is 0 Å². The largest absolute Gasteiger partial charge is 0.485 e. The van der Waals surface area contributed by atoms with E-state index in [2.05, 4.69) is 25.9 Å². The van der Waals surface area contributed by atoms with E-state index in [1.807, 2.05) is 18.2 Å². The second-order valence-electron chi connectivity index (χ2n) is 3.46. The van der Waals surface area contributed by atoms with E-state index < -0.39 is 0 Å². The van der Waals surface area contributed by atoms with Gasteiger partial charge in [-0.05, 0) is 24.3 Å². The molecule has 0 saturated heterocycles. The molecule has 0 fully saturated rings. The first kappa shape index (κ1) is 12.9. The van der Waals surface area contributed by atoms with Crippen LogP contribution in [-0.2, 0) is 6.61 Å². The van der Waals surface area contributed by atoms with E-state index in [9.17, 15) is 0 Å². The van der Waals surface area contributed by atoms with E-state index in [4.69, 9.17) is 22.7 Å². The third kappa shape index (κ3) is 3.24. The summed E-state index contributed by atoms with van der Waals surface area (Å²) in [5, 5.41) is 0. The third-order valence-electron chi connectivity index (χ3n) is 2.18. The van der Waals surface area contributed by atoms with Gasteiger partial charge in [-0.1, -0.05) is 28.1 Å². The van der Waals surface area contributed by atoms with Crippen molar-refractivity contribution in [3.05, 3.63) is 52.5 Å². The minimum absolute atomic E-state index is 0.276. The van der Waals surface area contributed by atoms with Crippen molar-refractivity contribution in [1.82, 2.24) is 9.97 Å². The standard InChI is InChI=1S/C12H10BrN3OS/c13-8-2-3-10(9(6-8)12(14)18)17-7-11-15-4-1-5-16-11/h1-6H,7H2,(H2,14,18). The van der Waals surface area contributed by atoms with Crippen molar-refractivity contribution >= 4 is 33.1 Å². The number of benzene rings is 1. The van der Waals surface area contributed by atoms with Crippen molar-refractivity contribution in [2.45, 2.75) is 6.61 Å². The molecule has 6 heteroatoms. The predicted molar refractivity (Wildman–Crippen MR) is 76.4 cm³/mol. The highest BCUT2D eigenvalue weighted by Crippen LogP contribution is 2.23. The predicted octanol–water partition coefficient (Wildman–Crippen LogP) is 2.45. The van der Waals surface area contributed by atoms with E-state index in [1.54, 1.807) is 18.5 Å². The Hall–Kier alpha value is -1.53. The van der Waals surface area contributed by atoms with E-state index in [-0.39, 0.29) is 6.61 Å². The Bertz CT molecular complexity index is 563. The van der Waals surface area contributed by atoms with Gasteiger partial charge in [0.25, 0.3) is 0 Å². The molecule has 1 heterocycles. The summed E-state index contributed by atoms with van der Waals surface area (Å²) in [4.78, 5) is 8.44. The Kier molecular flexibility index (Phi) is 4.22. The molecular formula is C12H10BrN3OS. The van der Waals surface area contributed by atoms with E-state index in [0.29, 0.717) is 22.1 Å². The fourth-order valence-corrected chi connectivity index (χ4v) is 1.89. The highest BCUT2D eigenvalue weighted by molar-refractivity contribution is 9.10. The van der Waals surface area contributed by atoms with Crippen molar-refractivity contribution in [1.29, 1.82) is 0 Å². The van der Waals surface area contributed by atoms with Crippen LogP contribution in [0.4, 0.5) is 0 Å². The minimum atomic E-state index is 0.276. The van der Waals surface area contributed by atoms with Crippen LogP contribution in [0.1, 0.15) is 11.4 Å². The number of thiocarbonyl (C=S) groups is 1.